The van der Waals surface area contributed by atoms with Gasteiger partial charge in [0, 0.05) is 10.9 Å². The number of urea groups is 1. The molecule has 0 aliphatic rings. The van der Waals surface area contributed by atoms with Crippen molar-refractivity contribution < 1.29 is 9.59 Å². The second kappa shape index (κ2) is 6.10. The number of carbonyl (C=O) groups excluding carboxylic acids is 2. The molecule has 22 heavy (non-hydrogen) atoms. The van der Waals surface area contributed by atoms with Gasteiger partial charge in [-0.3, -0.25) is 10.1 Å². The van der Waals surface area contributed by atoms with Crippen LogP contribution in [0.1, 0.15) is 10.4 Å². The Bertz CT molecular complexity index is 823. The number of rotatable bonds is 2. The number of nitrogens with one attached hydrogen (secondary N) is 2. The summed E-state index contributed by atoms with van der Waals surface area (Å²) < 4.78 is 0. The van der Waals surface area contributed by atoms with Crippen molar-refractivity contribution in [3.05, 3.63) is 78.4 Å². The Labute approximate surface area is 127 Å². The van der Waals surface area contributed by atoms with Gasteiger partial charge in [0.05, 0.1) is 5.69 Å². The minimum Gasteiger partial charge on any atom is -0.307 e. The van der Waals surface area contributed by atoms with Crippen LogP contribution in [0.25, 0.3) is 10.8 Å². The molecule has 0 aliphatic carbocycles. The normalized spacial score (nSPS) is 10.2. The number of anilines is 1. The average Bonchev–Trinajstić information content (AvgIpc) is 2.56. The average molecular weight is 290 g/mol. The Hall–Kier alpha value is -3.14. The van der Waals surface area contributed by atoms with Crippen molar-refractivity contribution in [1.29, 1.82) is 0 Å². The summed E-state index contributed by atoms with van der Waals surface area (Å²) in [5.74, 6) is -0.432. The van der Waals surface area contributed by atoms with Crippen LogP contribution in [-0.4, -0.2) is 11.9 Å². The van der Waals surface area contributed by atoms with Crippen LogP contribution in [0.5, 0.6) is 0 Å². The topological polar surface area (TPSA) is 58.2 Å². The van der Waals surface area contributed by atoms with E-state index in [1.54, 1.807) is 30.3 Å². The molecule has 0 saturated carbocycles. The maximum atomic E-state index is 12.0. The zero-order valence-electron chi connectivity index (χ0n) is 11.7. The van der Waals surface area contributed by atoms with E-state index in [1.807, 2.05) is 42.5 Å². The van der Waals surface area contributed by atoms with Crippen LogP contribution in [0, 0.1) is 0 Å². The molecule has 3 rings (SSSR count). The highest BCUT2D eigenvalue weighted by Crippen LogP contribution is 2.22. The van der Waals surface area contributed by atoms with Gasteiger partial charge in [0.25, 0.3) is 5.91 Å². The molecule has 0 unspecified atom stereocenters. The van der Waals surface area contributed by atoms with Crippen molar-refractivity contribution in [1.82, 2.24) is 5.32 Å². The summed E-state index contributed by atoms with van der Waals surface area (Å²) in [5.41, 5.74) is 1.10. The van der Waals surface area contributed by atoms with Gasteiger partial charge in [0.2, 0.25) is 0 Å². The number of carbonyl (C=O) groups is 2. The molecule has 3 aromatic rings. The second-order valence-electron chi connectivity index (χ2n) is 4.80. The number of hydrogen-bond acceptors (Lipinski definition) is 2. The fraction of sp³-hybridized carbons (Fsp3) is 0. The molecule has 2 N–H and O–H groups in total. The number of hydrogen-bond donors (Lipinski definition) is 2. The lowest BCUT2D eigenvalue weighted by Gasteiger charge is -2.09. The highest BCUT2D eigenvalue weighted by atomic mass is 16.2. The largest absolute Gasteiger partial charge is 0.326 e. The molecule has 0 saturated heterocycles. The molecule has 0 radical (unpaired) electrons. The van der Waals surface area contributed by atoms with Gasteiger partial charge in [-0.05, 0) is 23.6 Å². The first-order chi connectivity index (χ1) is 10.7. The molecule has 0 atom stereocenters. The molecule has 0 fully saturated rings. The SMILES string of the molecule is O=C(NC(=O)c1ccccc1)Nc1cccc2ccccc12. The third-order valence-electron chi connectivity index (χ3n) is 3.30. The molecular formula is C18H14N2O2. The quantitative estimate of drug-likeness (QED) is 0.754. The lowest BCUT2D eigenvalue weighted by molar-refractivity contribution is 0.0967. The number of amides is 3. The van der Waals surface area contributed by atoms with Crippen molar-refractivity contribution in [2.24, 2.45) is 0 Å². The summed E-state index contributed by atoms with van der Waals surface area (Å²) >= 11 is 0. The molecule has 0 heterocycles. The summed E-state index contributed by atoms with van der Waals surface area (Å²) in [6, 6.07) is 21.4. The van der Waals surface area contributed by atoms with Crippen LogP contribution in [0.15, 0.2) is 72.8 Å². The highest BCUT2D eigenvalue weighted by Gasteiger charge is 2.10. The van der Waals surface area contributed by atoms with Gasteiger partial charge >= 0.3 is 6.03 Å². The zero-order chi connectivity index (χ0) is 15.4. The van der Waals surface area contributed by atoms with Crippen molar-refractivity contribution in [2.75, 3.05) is 5.32 Å². The number of imide groups is 1. The van der Waals surface area contributed by atoms with Crippen molar-refractivity contribution in [3.8, 4) is 0 Å². The molecule has 0 bridgehead atoms. The van der Waals surface area contributed by atoms with Crippen LogP contribution >= 0.6 is 0 Å². The third kappa shape index (κ3) is 2.96. The maximum Gasteiger partial charge on any atom is 0.326 e. The van der Waals surface area contributed by atoms with E-state index < -0.39 is 11.9 Å². The van der Waals surface area contributed by atoms with Crippen molar-refractivity contribution in [2.45, 2.75) is 0 Å². The first-order valence-electron chi connectivity index (χ1n) is 6.89. The molecule has 4 heteroatoms. The van der Waals surface area contributed by atoms with E-state index in [0.717, 1.165) is 10.8 Å². The van der Waals surface area contributed by atoms with Gasteiger partial charge in [0.1, 0.15) is 0 Å². The fourth-order valence-corrected chi connectivity index (χ4v) is 2.25. The lowest BCUT2D eigenvalue weighted by atomic mass is 10.1. The molecule has 0 aliphatic heterocycles. The van der Waals surface area contributed by atoms with Crippen LogP contribution in [-0.2, 0) is 0 Å². The van der Waals surface area contributed by atoms with Gasteiger partial charge in [-0.25, -0.2) is 4.79 Å². The van der Waals surface area contributed by atoms with Crippen LogP contribution in [0.3, 0.4) is 0 Å². The Balaban J connectivity index is 1.75. The molecule has 108 valence electrons. The van der Waals surface area contributed by atoms with E-state index in [-0.39, 0.29) is 0 Å². The van der Waals surface area contributed by atoms with Crippen LogP contribution < -0.4 is 10.6 Å². The van der Waals surface area contributed by atoms with Crippen molar-refractivity contribution >= 4 is 28.4 Å². The van der Waals surface area contributed by atoms with Crippen LogP contribution in [0.4, 0.5) is 10.5 Å². The van der Waals surface area contributed by atoms with E-state index in [1.165, 1.54) is 0 Å². The predicted molar refractivity (Wildman–Crippen MR) is 86.9 cm³/mol. The first kappa shape index (κ1) is 13.8. The number of fused-ring (bicyclic) bond motifs is 1. The fourth-order valence-electron chi connectivity index (χ4n) is 2.25. The summed E-state index contributed by atoms with van der Waals surface area (Å²) in [7, 11) is 0. The molecule has 4 nitrogen and oxygen atoms in total. The van der Waals surface area contributed by atoms with E-state index >= 15 is 0 Å². The van der Waals surface area contributed by atoms with E-state index in [0.29, 0.717) is 11.3 Å². The minimum atomic E-state index is -0.551. The molecule has 0 aromatic heterocycles. The molecular weight excluding hydrogens is 276 g/mol. The molecule has 0 spiro atoms. The van der Waals surface area contributed by atoms with Gasteiger partial charge in [-0.2, -0.15) is 0 Å². The molecule has 3 amide bonds. The summed E-state index contributed by atoms with van der Waals surface area (Å²) in [5, 5.41) is 6.98. The van der Waals surface area contributed by atoms with Crippen LogP contribution in [0.2, 0.25) is 0 Å². The Morgan fingerprint density at radius 2 is 1.41 bits per heavy atom. The van der Waals surface area contributed by atoms with Gasteiger partial charge in [-0.1, -0.05) is 54.6 Å². The van der Waals surface area contributed by atoms with E-state index in [9.17, 15) is 9.59 Å². The summed E-state index contributed by atoms with van der Waals surface area (Å²) in [6.07, 6.45) is 0. The lowest BCUT2D eigenvalue weighted by Crippen LogP contribution is -2.34. The monoisotopic (exact) mass is 290 g/mol. The Kier molecular flexibility index (Phi) is 3.83. The van der Waals surface area contributed by atoms with Gasteiger partial charge < -0.3 is 5.32 Å². The van der Waals surface area contributed by atoms with Gasteiger partial charge in [0.15, 0.2) is 0 Å². The molecule has 3 aromatic carbocycles. The number of benzene rings is 3. The second-order valence-corrected chi connectivity index (χ2v) is 4.80. The highest BCUT2D eigenvalue weighted by molar-refractivity contribution is 6.10. The van der Waals surface area contributed by atoms with Crippen molar-refractivity contribution in [3.63, 3.8) is 0 Å². The third-order valence-corrected chi connectivity index (χ3v) is 3.30. The zero-order valence-corrected chi connectivity index (χ0v) is 11.7. The van der Waals surface area contributed by atoms with E-state index in [4.69, 9.17) is 0 Å². The smallest absolute Gasteiger partial charge is 0.307 e. The predicted octanol–water partition coefficient (Wildman–Crippen LogP) is 3.80. The first-order valence-corrected chi connectivity index (χ1v) is 6.89. The Morgan fingerprint density at radius 3 is 2.23 bits per heavy atom. The van der Waals surface area contributed by atoms with Gasteiger partial charge in [-0.15, -0.1) is 0 Å². The minimum absolute atomic E-state index is 0.432. The summed E-state index contributed by atoms with van der Waals surface area (Å²) in [6.45, 7) is 0. The van der Waals surface area contributed by atoms with E-state index in [2.05, 4.69) is 10.6 Å². The maximum absolute atomic E-state index is 12.0. The Morgan fingerprint density at radius 1 is 0.727 bits per heavy atom. The summed E-state index contributed by atoms with van der Waals surface area (Å²) in [4.78, 5) is 23.9. The standard InChI is InChI=1S/C18H14N2O2/c21-17(14-8-2-1-3-9-14)20-18(22)19-16-12-6-10-13-7-4-5-11-15(13)16/h1-12H,(H2,19,20,21,22).